The zero-order valence-electron chi connectivity index (χ0n) is 8.82. The molecule has 2 bridgehead atoms. The van der Waals surface area contributed by atoms with E-state index in [1.54, 1.807) is 0 Å². The lowest BCUT2D eigenvalue weighted by atomic mass is 9.74. The van der Waals surface area contributed by atoms with Crippen molar-refractivity contribution in [3.05, 3.63) is 12.2 Å². The Hall–Kier alpha value is -0.790. The van der Waals surface area contributed by atoms with Gasteiger partial charge in [-0.15, -0.1) is 0 Å². The average Bonchev–Trinajstić information content (AvgIpc) is 2.93. The van der Waals surface area contributed by atoms with E-state index in [0.29, 0.717) is 17.8 Å². The smallest absolute Gasteiger partial charge is 0.310 e. The van der Waals surface area contributed by atoms with Gasteiger partial charge in [0.05, 0.1) is 5.92 Å². The van der Waals surface area contributed by atoms with Crippen molar-refractivity contribution in [3.8, 4) is 0 Å². The Morgan fingerprint density at radius 1 is 1.20 bits per heavy atom. The molecule has 0 radical (unpaired) electrons. The van der Waals surface area contributed by atoms with Gasteiger partial charge in [-0.25, -0.2) is 0 Å². The molecule has 2 heteroatoms. The molecule has 0 aromatic rings. The Kier molecular flexibility index (Phi) is 1.38. The number of rotatable bonds is 0. The topological polar surface area (TPSA) is 26.3 Å². The molecule has 0 aromatic carbocycles. The van der Waals surface area contributed by atoms with Crippen LogP contribution in [-0.4, -0.2) is 11.6 Å². The summed E-state index contributed by atoms with van der Waals surface area (Å²) in [5, 5.41) is 0. The Morgan fingerprint density at radius 2 is 1.93 bits per heavy atom. The molecule has 15 heavy (non-hydrogen) atoms. The third-order valence-electron chi connectivity index (χ3n) is 5.09. The number of carbonyl (C=O) groups excluding carboxylic acids is 1. The predicted octanol–water partition coefficient (Wildman–Crippen LogP) is 2.29. The summed E-state index contributed by atoms with van der Waals surface area (Å²) in [5.41, 5.74) is -0.0358. The Balaban J connectivity index is 1.80. The molecule has 2 saturated carbocycles. The van der Waals surface area contributed by atoms with Crippen molar-refractivity contribution in [1.29, 1.82) is 0 Å². The maximum absolute atomic E-state index is 12.0. The van der Waals surface area contributed by atoms with Gasteiger partial charge in [0.2, 0.25) is 0 Å². The third kappa shape index (κ3) is 0.849. The van der Waals surface area contributed by atoms with Crippen LogP contribution in [0.3, 0.4) is 0 Å². The maximum atomic E-state index is 12.0. The molecule has 1 saturated heterocycles. The largest absolute Gasteiger partial charge is 0.458 e. The molecule has 0 N–H and O–H groups in total. The molecule has 3 fully saturated rings. The zero-order chi connectivity index (χ0) is 10.0. The highest BCUT2D eigenvalue weighted by Gasteiger charge is 2.64. The lowest BCUT2D eigenvalue weighted by Gasteiger charge is -2.31. The van der Waals surface area contributed by atoms with Crippen LogP contribution < -0.4 is 0 Å². The SMILES string of the molecule is O=C1OC2(CCCC2)[C@@H]2[C@H]1[C@H]1C=C[C@@H]2C1. The van der Waals surface area contributed by atoms with E-state index in [-0.39, 0.29) is 17.5 Å². The highest BCUT2D eigenvalue weighted by atomic mass is 16.6. The normalized spacial score (nSPS) is 48.9. The molecule has 4 rings (SSSR count). The number of esters is 1. The molecular weight excluding hydrogens is 188 g/mol. The molecule has 0 unspecified atom stereocenters. The molecule has 2 nitrogen and oxygen atoms in total. The summed E-state index contributed by atoms with van der Waals surface area (Å²) in [7, 11) is 0. The number of carbonyl (C=O) groups is 1. The molecule has 0 aromatic heterocycles. The highest BCUT2D eigenvalue weighted by Crippen LogP contribution is 2.61. The number of hydrogen-bond donors (Lipinski definition) is 0. The van der Waals surface area contributed by atoms with Crippen molar-refractivity contribution in [2.45, 2.75) is 37.7 Å². The van der Waals surface area contributed by atoms with Crippen LogP contribution in [0.2, 0.25) is 0 Å². The van der Waals surface area contributed by atoms with Gasteiger partial charge in [0.1, 0.15) is 5.60 Å². The second-order valence-electron chi connectivity index (χ2n) is 5.69. The maximum Gasteiger partial charge on any atom is 0.310 e. The van der Waals surface area contributed by atoms with Crippen molar-refractivity contribution in [2.24, 2.45) is 23.7 Å². The lowest BCUT2D eigenvalue weighted by Crippen LogP contribution is -2.36. The fraction of sp³-hybridized carbons (Fsp3) is 0.769. The fourth-order valence-electron chi connectivity index (χ4n) is 4.61. The van der Waals surface area contributed by atoms with Crippen LogP contribution in [0.25, 0.3) is 0 Å². The van der Waals surface area contributed by atoms with Crippen LogP contribution in [0.4, 0.5) is 0 Å². The standard InChI is InChI=1S/C13H16O2/c14-12-10-8-3-4-9(7-8)11(10)13(15-12)5-1-2-6-13/h3-4,8-11H,1-2,5-7H2/t8-,9+,10+,11-/m0/s1. The van der Waals surface area contributed by atoms with Gasteiger partial charge in [-0.1, -0.05) is 12.2 Å². The minimum atomic E-state index is -0.0358. The first-order valence-electron chi connectivity index (χ1n) is 6.21. The molecule has 1 heterocycles. The summed E-state index contributed by atoms with van der Waals surface area (Å²) in [4.78, 5) is 12.0. The first-order valence-corrected chi connectivity index (χ1v) is 6.21. The third-order valence-corrected chi connectivity index (χ3v) is 5.09. The van der Waals surface area contributed by atoms with Crippen molar-refractivity contribution in [2.75, 3.05) is 0 Å². The van der Waals surface area contributed by atoms with Gasteiger partial charge in [-0.2, -0.15) is 0 Å². The van der Waals surface area contributed by atoms with Crippen LogP contribution in [-0.2, 0) is 9.53 Å². The quantitative estimate of drug-likeness (QED) is 0.447. The molecule has 3 aliphatic carbocycles. The number of hydrogen-bond acceptors (Lipinski definition) is 2. The van der Waals surface area contributed by atoms with E-state index in [0.717, 1.165) is 12.8 Å². The second kappa shape index (κ2) is 2.47. The average molecular weight is 204 g/mol. The highest BCUT2D eigenvalue weighted by molar-refractivity contribution is 5.78. The molecular formula is C13H16O2. The number of fused-ring (bicyclic) bond motifs is 6. The van der Waals surface area contributed by atoms with E-state index in [4.69, 9.17) is 4.74 Å². The number of allylic oxidation sites excluding steroid dienone is 2. The van der Waals surface area contributed by atoms with Crippen LogP contribution in [0.5, 0.6) is 0 Å². The summed E-state index contributed by atoms with van der Waals surface area (Å²) in [6, 6.07) is 0. The van der Waals surface area contributed by atoms with E-state index in [9.17, 15) is 4.79 Å². The second-order valence-corrected chi connectivity index (χ2v) is 5.69. The van der Waals surface area contributed by atoms with E-state index >= 15 is 0 Å². The lowest BCUT2D eigenvalue weighted by molar-refractivity contribution is -0.152. The monoisotopic (exact) mass is 204 g/mol. The van der Waals surface area contributed by atoms with Crippen LogP contribution in [0.1, 0.15) is 32.1 Å². The van der Waals surface area contributed by atoms with E-state index in [2.05, 4.69) is 12.2 Å². The first kappa shape index (κ1) is 8.37. The van der Waals surface area contributed by atoms with Gasteiger partial charge in [0.25, 0.3) is 0 Å². The molecule has 0 amide bonds. The molecule has 4 atom stereocenters. The van der Waals surface area contributed by atoms with E-state index < -0.39 is 0 Å². The van der Waals surface area contributed by atoms with Crippen molar-refractivity contribution < 1.29 is 9.53 Å². The van der Waals surface area contributed by atoms with Crippen molar-refractivity contribution >= 4 is 5.97 Å². The van der Waals surface area contributed by atoms with Gasteiger partial charge in [0.15, 0.2) is 0 Å². The van der Waals surface area contributed by atoms with E-state index in [1.165, 1.54) is 19.3 Å². The molecule has 1 spiro atoms. The molecule has 4 aliphatic rings. The Labute approximate surface area is 89.7 Å². The van der Waals surface area contributed by atoms with Crippen LogP contribution in [0, 0.1) is 23.7 Å². The van der Waals surface area contributed by atoms with E-state index in [1.807, 2.05) is 0 Å². The van der Waals surface area contributed by atoms with Gasteiger partial charge >= 0.3 is 5.97 Å². The van der Waals surface area contributed by atoms with Crippen molar-refractivity contribution in [3.63, 3.8) is 0 Å². The predicted molar refractivity (Wildman–Crippen MR) is 55.0 cm³/mol. The van der Waals surface area contributed by atoms with Crippen LogP contribution in [0.15, 0.2) is 12.2 Å². The minimum absolute atomic E-state index is 0.0358. The Morgan fingerprint density at radius 3 is 2.73 bits per heavy atom. The summed E-state index contributed by atoms with van der Waals surface area (Å²) in [5.74, 6) is 2.01. The minimum Gasteiger partial charge on any atom is -0.458 e. The molecule has 80 valence electrons. The van der Waals surface area contributed by atoms with Gasteiger partial charge in [-0.3, -0.25) is 4.79 Å². The van der Waals surface area contributed by atoms with Gasteiger partial charge in [0, 0.05) is 5.92 Å². The fourth-order valence-corrected chi connectivity index (χ4v) is 4.61. The summed E-state index contributed by atoms with van der Waals surface area (Å²) in [6.45, 7) is 0. The first-order chi connectivity index (χ1) is 7.30. The number of ether oxygens (including phenoxy) is 1. The summed E-state index contributed by atoms with van der Waals surface area (Å²) in [6.07, 6.45) is 10.5. The Bertz CT molecular complexity index is 352. The zero-order valence-corrected chi connectivity index (χ0v) is 8.82. The molecule has 1 aliphatic heterocycles. The summed E-state index contributed by atoms with van der Waals surface area (Å²) < 4.78 is 5.78. The summed E-state index contributed by atoms with van der Waals surface area (Å²) >= 11 is 0. The van der Waals surface area contributed by atoms with Gasteiger partial charge < -0.3 is 4.74 Å². The van der Waals surface area contributed by atoms with Crippen LogP contribution >= 0.6 is 0 Å². The van der Waals surface area contributed by atoms with Gasteiger partial charge in [-0.05, 0) is 43.9 Å². The van der Waals surface area contributed by atoms with Crippen molar-refractivity contribution in [1.82, 2.24) is 0 Å².